The van der Waals surface area contributed by atoms with Crippen molar-refractivity contribution in [1.82, 2.24) is 4.90 Å². The van der Waals surface area contributed by atoms with E-state index in [1.54, 1.807) is 18.2 Å². The molecule has 0 radical (unpaired) electrons. The third-order valence-corrected chi connectivity index (χ3v) is 9.29. The van der Waals surface area contributed by atoms with E-state index < -0.39 is 31.0 Å². The number of rotatable bonds is 4. The lowest BCUT2D eigenvalue weighted by atomic mass is 10.1. The first-order valence-corrected chi connectivity index (χ1v) is 11.9. The Morgan fingerprint density at radius 3 is 2.44 bits per heavy atom. The maximum absolute atomic E-state index is 13.3. The molecule has 0 aliphatic carbocycles. The summed E-state index contributed by atoms with van der Waals surface area (Å²) in [5, 5.41) is -0.939. The number of piperidine rings is 1. The average molecular weight is 388 g/mol. The summed E-state index contributed by atoms with van der Waals surface area (Å²) in [6.07, 6.45) is 3.08. The van der Waals surface area contributed by atoms with Gasteiger partial charge in [0.15, 0.2) is 19.7 Å². The maximum Gasteiger partial charge on any atom is 0.187 e. The third-order valence-electron chi connectivity index (χ3n) is 5.16. The summed E-state index contributed by atoms with van der Waals surface area (Å²) < 4.78 is 56.5. The molecule has 0 amide bonds. The molecule has 2 aliphatic rings. The molecule has 2 heterocycles. The lowest BCUT2D eigenvalue weighted by Crippen LogP contribution is -2.48. The molecule has 25 heavy (non-hydrogen) atoms. The molecule has 1 aromatic rings. The van der Waals surface area contributed by atoms with Crippen molar-refractivity contribution >= 4 is 19.7 Å². The third kappa shape index (κ3) is 3.71. The standard InChI is InChI=1S/C17H25NO5S2/c1-13-6-7-15(23-2)16(10-13)25(21,22)17-12-24(19,20)11-14(17)18-8-4-3-5-9-18/h6-7,10,14,17H,3-5,8-9,11-12H2,1-2H3/t14-,17+/m1/s1. The first-order valence-electron chi connectivity index (χ1n) is 8.57. The predicted octanol–water partition coefficient (Wildman–Crippen LogP) is 1.43. The maximum atomic E-state index is 13.3. The van der Waals surface area contributed by atoms with Crippen LogP contribution < -0.4 is 4.74 Å². The van der Waals surface area contributed by atoms with E-state index >= 15 is 0 Å². The fourth-order valence-corrected chi connectivity index (χ4v) is 8.93. The van der Waals surface area contributed by atoms with E-state index in [-0.39, 0.29) is 22.2 Å². The normalized spacial score (nSPS) is 27.3. The second-order valence-electron chi connectivity index (χ2n) is 6.98. The van der Waals surface area contributed by atoms with Crippen molar-refractivity contribution in [3.05, 3.63) is 23.8 Å². The second kappa shape index (κ2) is 6.89. The molecule has 0 saturated carbocycles. The van der Waals surface area contributed by atoms with Crippen LogP contribution in [-0.2, 0) is 19.7 Å². The number of nitrogens with zero attached hydrogens (tertiary/aromatic N) is 1. The molecule has 0 spiro atoms. The molecule has 2 aliphatic heterocycles. The van der Waals surface area contributed by atoms with Crippen molar-refractivity contribution in [3.63, 3.8) is 0 Å². The Morgan fingerprint density at radius 2 is 1.80 bits per heavy atom. The van der Waals surface area contributed by atoms with Crippen molar-refractivity contribution in [2.45, 2.75) is 42.4 Å². The molecule has 3 rings (SSSR count). The van der Waals surface area contributed by atoms with Gasteiger partial charge in [0.2, 0.25) is 0 Å². The van der Waals surface area contributed by atoms with Gasteiger partial charge in [0.05, 0.1) is 23.9 Å². The van der Waals surface area contributed by atoms with E-state index in [9.17, 15) is 16.8 Å². The average Bonchev–Trinajstić information content (AvgIpc) is 2.92. The summed E-state index contributed by atoms with van der Waals surface area (Å²) in [5.41, 5.74) is 0.801. The number of hydrogen-bond acceptors (Lipinski definition) is 6. The summed E-state index contributed by atoms with van der Waals surface area (Å²) in [6.45, 7) is 3.33. The van der Waals surface area contributed by atoms with Crippen molar-refractivity contribution in [2.24, 2.45) is 0 Å². The monoisotopic (exact) mass is 387 g/mol. The Labute approximate surface area is 150 Å². The van der Waals surface area contributed by atoms with Crippen LogP contribution in [0.1, 0.15) is 24.8 Å². The van der Waals surface area contributed by atoms with Gasteiger partial charge in [-0.25, -0.2) is 16.8 Å². The minimum atomic E-state index is -3.82. The number of sulfone groups is 2. The van der Waals surface area contributed by atoms with Crippen LogP contribution in [0, 0.1) is 6.92 Å². The Hall–Kier alpha value is -1.12. The van der Waals surface area contributed by atoms with Crippen LogP contribution in [0.25, 0.3) is 0 Å². The van der Waals surface area contributed by atoms with Crippen molar-refractivity contribution < 1.29 is 21.6 Å². The largest absolute Gasteiger partial charge is 0.495 e. The zero-order valence-corrected chi connectivity index (χ0v) is 16.3. The highest BCUT2D eigenvalue weighted by Gasteiger charge is 2.49. The van der Waals surface area contributed by atoms with Crippen LogP contribution in [0.15, 0.2) is 23.1 Å². The first-order chi connectivity index (χ1) is 11.7. The molecule has 2 saturated heterocycles. The smallest absolute Gasteiger partial charge is 0.187 e. The van der Waals surface area contributed by atoms with Crippen LogP contribution in [0.4, 0.5) is 0 Å². The molecule has 0 aromatic heterocycles. The summed E-state index contributed by atoms with van der Waals surface area (Å²) in [4.78, 5) is 2.15. The summed E-state index contributed by atoms with van der Waals surface area (Å²) in [6, 6.07) is 4.51. The van der Waals surface area contributed by atoms with E-state index in [1.165, 1.54) is 7.11 Å². The van der Waals surface area contributed by atoms with Gasteiger partial charge in [-0.1, -0.05) is 12.5 Å². The van der Waals surface area contributed by atoms with Gasteiger partial charge >= 0.3 is 0 Å². The molecule has 0 bridgehead atoms. The van der Waals surface area contributed by atoms with E-state index in [1.807, 2.05) is 6.92 Å². The highest BCUT2D eigenvalue weighted by Crippen LogP contribution is 2.34. The molecule has 2 atom stereocenters. The summed E-state index contributed by atoms with van der Waals surface area (Å²) in [7, 11) is -5.77. The minimum Gasteiger partial charge on any atom is -0.495 e. The molecule has 0 unspecified atom stereocenters. The molecule has 140 valence electrons. The first kappa shape index (κ1) is 18.7. The van der Waals surface area contributed by atoms with Crippen LogP contribution in [0.2, 0.25) is 0 Å². The van der Waals surface area contributed by atoms with Gasteiger partial charge in [-0.05, 0) is 50.6 Å². The van der Waals surface area contributed by atoms with Gasteiger partial charge < -0.3 is 4.74 Å². The highest BCUT2D eigenvalue weighted by atomic mass is 32.2. The zero-order valence-electron chi connectivity index (χ0n) is 14.6. The second-order valence-corrected chi connectivity index (χ2v) is 11.3. The summed E-state index contributed by atoms with van der Waals surface area (Å²) in [5.74, 6) is -0.120. The van der Waals surface area contributed by atoms with E-state index in [4.69, 9.17) is 4.74 Å². The van der Waals surface area contributed by atoms with Crippen LogP contribution in [-0.4, -0.2) is 64.7 Å². The van der Waals surface area contributed by atoms with Gasteiger partial charge in [0.25, 0.3) is 0 Å². The van der Waals surface area contributed by atoms with Gasteiger partial charge in [-0.3, -0.25) is 4.90 Å². The molecule has 0 N–H and O–H groups in total. The topological polar surface area (TPSA) is 80.8 Å². The fourth-order valence-electron chi connectivity index (χ4n) is 3.85. The summed E-state index contributed by atoms with van der Waals surface area (Å²) >= 11 is 0. The van der Waals surface area contributed by atoms with Crippen LogP contribution >= 0.6 is 0 Å². The van der Waals surface area contributed by atoms with E-state index in [0.717, 1.165) is 37.9 Å². The Morgan fingerprint density at radius 1 is 1.12 bits per heavy atom. The van der Waals surface area contributed by atoms with Crippen LogP contribution in [0.5, 0.6) is 5.75 Å². The van der Waals surface area contributed by atoms with Gasteiger partial charge in [0.1, 0.15) is 10.6 Å². The fraction of sp³-hybridized carbons (Fsp3) is 0.647. The predicted molar refractivity (Wildman–Crippen MR) is 96.6 cm³/mol. The van der Waals surface area contributed by atoms with Gasteiger partial charge in [-0.15, -0.1) is 0 Å². The Balaban J connectivity index is 2.03. The SMILES string of the molecule is COc1ccc(C)cc1S(=O)(=O)[C@H]1CS(=O)(=O)C[C@H]1N1CCCCC1. The van der Waals surface area contributed by atoms with Crippen molar-refractivity contribution in [3.8, 4) is 5.75 Å². The Bertz CT molecular complexity index is 842. The van der Waals surface area contributed by atoms with Gasteiger partial charge in [-0.2, -0.15) is 0 Å². The molecule has 8 heteroatoms. The Kier molecular flexibility index (Phi) is 5.14. The molecule has 1 aromatic carbocycles. The lowest BCUT2D eigenvalue weighted by Gasteiger charge is -2.34. The minimum absolute atomic E-state index is 0.0783. The number of ether oxygens (including phenoxy) is 1. The van der Waals surface area contributed by atoms with Crippen molar-refractivity contribution in [2.75, 3.05) is 31.7 Å². The number of aryl methyl sites for hydroxylation is 1. The molecular formula is C17H25NO5S2. The quantitative estimate of drug-likeness (QED) is 0.777. The number of benzene rings is 1. The van der Waals surface area contributed by atoms with Crippen molar-refractivity contribution in [1.29, 1.82) is 0 Å². The van der Waals surface area contributed by atoms with Gasteiger partial charge in [0, 0.05) is 6.04 Å². The molecule has 2 fully saturated rings. The molecule has 6 nitrogen and oxygen atoms in total. The number of methoxy groups -OCH3 is 1. The van der Waals surface area contributed by atoms with E-state index in [0.29, 0.717) is 0 Å². The lowest BCUT2D eigenvalue weighted by molar-refractivity contribution is 0.178. The van der Waals surface area contributed by atoms with E-state index in [2.05, 4.69) is 4.90 Å². The zero-order chi connectivity index (χ0) is 18.2. The number of likely N-dealkylation sites (tertiary alicyclic amines) is 1. The number of hydrogen-bond donors (Lipinski definition) is 0. The van der Waals surface area contributed by atoms with Crippen LogP contribution in [0.3, 0.4) is 0 Å². The highest BCUT2D eigenvalue weighted by molar-refractivity contribution is 7.96. The molecular weight excluding hydrogens is 362 g/mol.